The number of halogens is 4. The lowest BCUT2D eigenvalue weighted by Gasteiger charge is -2.46. The second-order valence-electron chi connectivity index (χ2n) is 6.59. The Bertz CT molecular complexity index is 845. The van der Waals surface area contributed by atoms with Gasteiger partial charge in [0.25, 0.3) is 16.1 Å². The van der Waals surface area contributed by atoms with E-state index in [1.807, 2.05) is 0 Å². The molecular weight excluding hydrogens is 442 g/mol. The van der Waals surface area contributed by atoms with Crippen molar-refractivity contribution in [3.8, 4) is 5.88 Å². The third kappa shape index (κ3) is 5.71. The predicted molar refractivity (Wildman–Crippen MR) is 96.3 cm³/mol. The Balaban J connectivity index is 0.000000370. The molecule has 1 unspecified atom stereocenters. The first-order valence-electron chi connectivity index (χ1n) is 8.16. The number of aromatic nitrogens is 1. The standard InChI is InChI=1S/C13H18FN3O3S2.C2HF3O2/c1-16(2)22(18,19)17-8-13(9-17)6-10(7-21-13)20-12-11(14)4-3-5-15-12;3-2(4,5)1(6)7/h3-5,10H,6-9H2,1-2H3;(H,6,7). The minimum absolute atomic E-state index is 0.0160. The molecule has 0 radical (unpaired) electrons. The zero-order valence-corrected chi connectivity index (χ0v) is 17.0. The van der Waals surface area contributed by atoms with E-state index in [9.17, 15) is 26.0 Å². The molecule has 29 heavy (non-hydrogen) atoms. The molecule has 1 atom stereocenters. The molecule has 14 heteroatoms. The van der Waals surface area contributed by atoms with Gasteiger partial charge < -0.3 is 9.84 Å². The average Bonchev–Trinajstić information content (AvgIpc) is 2.99. The molecule has 0 bridgehead atoms. The number of aliphatic carboxylic acids is 1. The van der Waals surface area contributed by atoms with Crippen molar-refractivity contribution in [2.24, 2.45) is 0 Å². The number of hydrogen-bond acceptors (Lipinski definition) is 6. The highest BCUT2D eigenvalue weighted by Crippen LogP contribution is 2.47. The van der Waals surface area contributed by atoms with Crippen molar-refractivity contribution in [1.29, 1.82) is 0 Å². The highest BCUT2D eigenvalue weighted by atomic mass is 32.2. The van der Waals surface area contributed by atoms with Gasteiger partial charge in [-0.15, -0.1) is 11.8 Å². The van der Waals surface area contributed by atoms with Gasteiger partial charge in [-0.1, -0.05) is 0 Å². The molecule has 1 aromatic heterocycles. The van der Waals surface area contributed by atoms with Crippen LogP contribution in [-0.2, 0) is 15.0 Å². The Labute approximate surface area is 169 Å². The first-order chi connectivity index (χ1) is 13.3. The second kappa shape index (κ2) is 8.62. The fraction of sp³-hybridized carbons (Fsp3) is 0.600. The van der Waals surface area contributed by atoms with Crippen LogP contribution in [0.4, 0.5) is 17.6 Å². The summed E-state index contributed by atoms with van der Waals surface area (Å²) < 4.78 is 77.5. The molecule has 3 rings (SSSR count). The summed E-state index contributed by atoms with van der Waals surface area (Å²) in [5.41, 5.74) is 0. The molecule has 1 spiro atoms. The average molecular weight is 461 g/mol. The Morgan fingerprint density at radius 2 is 2.00 bits per heavy atom. The lowest BCUT2D eigenvalue weighted by atomic mass is 9.95. The molecule has 1 N–H and O–H groups in total. The molecule has 0 amide bonds. The number of hydrogen-bond donors (Lipinski definition) is 1. The molecule has 3 heterocycles. The Morgan fingerprint density at radius 3 is 2.48 bits per heavy atom. The SMILES string of the molecule is CN(C)S(=O)(=O)N1CC2(CC(Oc3ncccc3F)CS2)C1.O=C(O)C(F)(F)F. The van der Waals surface area contributed by atoms with E-state index >= 15 is 0 Å². The van der Waals surface area contributed by atoms with Crippen LogP contribution >= 0.6 is 11.8 Å². The van der Waals surface area contributed by atoms with E-state index in [0.717, 1.165) is 0 Å². The van der Waals surface area contributed by atoms with Crippen LogP contribution < -0.4 is 4.74 Å². The van der Waals surface area contributed by atoms with Crippen LogP contribution in [-0.4, -0.2) is 83.1 Å². The fourth-order valence-electron chi connectivity index (χ4n) is 2.70. The fourth-order valence-corrected chi connectivity index (χ4v) is 5.67. The lowest BCUT2D eigenvalue weighted by molar-refractivity contribution is -0.192. The van der Waals surface area contributed by atoms with Crippen molar-refractivity contribution >= 4 is 27.9 Å². The van der Waals surface area contributed by atoms with Crippen molar-refractivity contribution in [2.45, 2.75) is 23.4 Å². The summed E-state index contributed by atoms with van der Waals surface area (Å²) in [6.07, 6.45) is -3.03. The predicted octanol–water partition coefficient (Wildman–Crippen LogP) is 1.60. The number of thioether (sulfide) groups is 1. The Kier molecular flexibility index (Phi) is 7.02. The van der Waals surface area contributed by atoms with Crippen LogP contribution in [0.15, 0.2) is 18.3 Å². The molecule has 2 saturated heterocycles. The maximum atomic E-state index is 13.6. The molecule has 164 valence electrons. The Morgan fingerprint density at radius 1 is 1.41 bits per heavy atom. The first kappa shape index (κ1) is 23.6. The second-order valence-corrected chi connectivity index (χ2v) is 10.2. The van der Waals surface area contributed by atoms with Crippen LogP contribution in [0.25, 0.3) is 0 Å². The van der Waals surface area contributed by atoms with Crippen molar-refractivity contribution in [1.82, 2.24) is 13.6 Å². The summed E-state index contributed by atoms with van der Waals surface area (Å²) in [5.74, 6) is -2.50. The van der Waals surface area contributed by atoms with Crippen LogP contribution in [0.3, 0.4) is 0 Å². The minimum Gasteiger partial charge on any atom is -0.475 e. The molecule has 2 aliphatic rings. The molecule has 2 aliphatic heterocycles. The minimum atomic E-state index is -5.08. The van der Waals surface area contributed by atoms with Gasteiger partial charge in [-0.05, 0) is 12.1 Å². The van der Waals surface area contributed by atoms with Crippen molar-refractivity contribution in [3.05, 3.63) is 24.1 Å². The summed E-state index contributed by atoms with van der Waals surface area (Å²) in [4.78, 5) is 12.8. The number of alkyl halides is 3. The highest BCUT2D eigenvalue weighted by Gasteiger charge is 2.53. The quantitative estimate of drug-likeness (QED) is 0.680. The van der Waals surface area contributed by atoms with Gasteiger partial charge in [0, 0.05) is 50.3 Å². The van der Waals surface area contributed by atoms with Gasteiger partial charge in [-0.2, -0.15) is 30.2 Å². The van der Waals surface area contributed by atoms with Crippen LogP contribution in [0.2, 0.25) is 0 Å². The van der Waals surface area contributed by atoms with E-state index < -0.39 is 28.2 Å². The normalized spacial score (nSPS) is 21.4. The summed E-state index contributed by atoms with van der Waals surface area (Å²) >= 11 is 1.70. The molecule has 0 aliphatic carbocycles. The van der Waals surface area contributed by atoms with E-state index in [-0.39, 0.29) is 16.7 Å². The van der Waals surface area contributed by atoms with Gasteiger partial charge in [0.15, 0.2) is 5.82 Å². The van der Waals surface area contributed by atoms with Gasteiger partial charge in [0.1, 0.15) is 6.10 Å². The highest BCUT2D eigenvalue weighted by molar-refractivity contribution is 8.01. The number of carboxylic acid groups (broad SMARTS) is 1. The van der Waals surface area contributed by atoms with E-state index in [2.05, 4.69) is 4.98 Å². The maximum absolute atomic E-state index is 13.6. The van der Waals surface area contributed by atoms with Gasteiger partial charge >= 0.3 is 12.1 Å². The Hall–Kier alpha value is -1.64. The van der Waals surface area contributed by atoms with Crippen molar-refractivity contribution < 1.29 is 40.6 Å². The summed E-state index contributed by atoms with van der Waals surface area (Å²) in [6, 6.07) is 2.83. The van der Waals surface area contributed by atoms with E-state index in [1.54, 1.807) is 11.8 Å². The molecular formula is C15H19F4N3O5S2. The van der Waals surface area contributed by atoms with E-state index in [0.29, 0.717) is 25.3 Å². The number of nitrogens with zero attached hydrogens (tertiary/aromatic N) is 3. The first-order valence-corrected chi connectivity index (χ1v) is 10.5. The smallest absolute Gasteiger partial charge is 0.475 e. The summed E-state index contributed by atoms with van der Waals surface area (Å²) in [5, 5.41) is 7.12. The molecule has 0 saturated carbocycles. The number of ether oxygens (including phenoxy) is 1. The van der Waals surface area contributed by atoms with Crippen LogP contribution in [0.5, 0.6) is 5.88 Å². The molecule has 1 aromatic rings. The zero-order valence-electron chi connectivity index (χ0n) is 15.4. The van der Waals surface area contributed by atoms with E-state index in [1.165, 1.54) is 41.0 Å². The van der Waals surface area contributed by atoms with Crippen molar-refractivity contribution in [3.63, 3.8) is 0 Å². The van der Waals surface area contributed by atoms with Crippen LogP contribution in [0, 0.1) is 5.82 Å². The van der Waals surface area contributed by atoms with Crippen LogP contribution in [0.1, 0.15) is 6.42 Å². The molecule has 0 aromatic carbocycles. The third-order valence-electron chi connectivity index (χ3n) is 4.14. The molecule has 2 fully saturated rings. The number of rotatable bonds is 4. The number of carbonyl (C=O) groups is 1. The zero-order chi connectivity index (χ0) is 22.0. The maximum Gasteiger partial charge on any atom is 0.490 e. The monoisotopic (exact) mass is 461 g/mol. The van der Waals surface area contributed by atoms with Crippen molar-refractivity contribution in [2.75, 3.05) is 32.9 Å². The lowest BCUT2D eigenvalue weighted by Crippen LogP contribution is -2.62. The van der Waals surface area contributed by atoms with Gasteiger partial charge in [-0.3, -0.25) is 0 Å². The topological polar surface area (TPSA) is 100 Å². The third-order valence-corrected chi connectivity index (χ3v) is 7.55. The summed E-state index contributed by atoms with van der Waals surface area (Å²) in [7, 11) is -0.295. The largest absolute Gasteiger partial charge is 0.490 e. The summed E-state index contributed by atoms with van der Waals surface area (Å²) in [6.45, 7) is 0.950. The van der Waals surface area contributed by atoms with Gasteiger partial charge in [0.2, 0.25) is 0 Å². The van der Waals surface area contributed by atoms with E-state index in [4.69, 9.17) is 14.6 Å². The molecule has 8 nitrogen and oxygen atoms in total. The van der Waals surface area contributed by atoms with Gasteiger partial charge in [-0.25, -0.2) is 14.2 Å². The number of carboxylic acids is 1. The number of pyridine rings is 1. The van der Waals surface area contributed by atoms with Gasteiger partial charge in [0.05, 0.1) is 0 Å².